The highest BCUT2D eigenvalue weighted by atomic mass is 15.2. The van der Waals surface area contributed by atoms with Crippen LogP contribution in [0.5, 0.6) is 0 Å². The molecule has 0 fully saturated rings. The fraction of sp³-hybridized carbons (Fsp3) is 1.00. The summed E-state index contributed by atoms with van der Waals surface area (Å²) in [6.45, 7) is 5.87. The van der Waals surface area contributed by atoms with Gasteiger partial charge >= 0.3 is 0 Å². The fourth-order valence-electron chi connectivity index (χ4n) is 1.03. The van der Waals surface area contributed by atoms with Crippen LogP contribution in [0.1, 0.15) is 6.92 Å². The maximum atomic E-state index is 5.51. The van der Waals surface area contributed by atoms with Gasteiger partial charge in [-0.15, -0.1) is 0 Å². The maximum absolute atomic E-state index is 5.51. The molecule has 1 unspecified atom stereocenters. The van der Waals surface area contributed by atoms with Crippen molar-refractivity contribution in [1.29, 1.82) is 0 Å². The summed E-state index contributed by atoms with van der Waals surface area (Å²) < 4.78 is 0. The SMILES string of the molecule is CC(CN)N(CCN)CCN. The van der Waals surface area contributed by atoms with E-state index in [-0.39, 0.29) is 0 Å². The monoisotopic (exact) mass is 160 g/mol. The number of rotatable bonds is 6. The molecular formula is C7H20N4. The van der Waals surface area contributed by atoms with Crippen LogP contribution < -0.4 is 17.2 Å². The van der Waals surface area contributed by atoms with Gasteiger partial charge in [-0.05, 0) is 6.92 Å². The lowest BCUT2D eigenvalue weighted by Crippen LogP contribution is -2.43. The lowest BCUT2D eigenvalue weighted by Gasteiger charge is -2.26. The molecular weight excluding hydrogens is 140 g/mol. The molecule has 0 aliphatic rings. The number of hydrogen-bond acceptors (Lipinski definition) is 4. The Morgan fingerprint density at radius 3 is 1.82 bits per heavy atom. The molecule has 6 N–H and O–H groups in total. The standard InChI is InChI=1S/C7H20N4/c1-7(6-10)11(4-2-8)5-3-9/h7H,2-6,8-10H2,1H3. The number of nitrogens with two attached hydrogens (primary N) is 3. The smallest absolute Gasteiger partial charge is 0.0191 e. The summed E-state index contributed by atoms with van der Waals surface area (Å²) in [6.07, 6.45) is 0. The molecule has 0 aromatic rings. The fourth-order valence-corrected chi connectivity index (χ4v) is 1.03. The molecule has 4 heteroatoms. The average Bonchev–Trinajstić information content (AvgIpc) is 2.03. The third-order valence-corrected chi connectivity index (χ3v) is 1.80. The molecule has 4 nitrogen and oxygen atoms in total. The van der Waals surface area contributed by atoms with Crippen molar-refractivity contribution in [3.05, 3.63) is 0 Å². The zero-order valence-electron chi connectivity index (χ0n) is 7.29. The molecule has 0 saturated carbocycles. The summed E-state index contributed by atoms with van der Waals surface area (Å²) in [5.41, 5.74) is 16.4. The van der Waals surface area contributed by atoms with Crippen molar-refractivity contribution in [2.45, 2.75) is 13.0 Å². The molecule has 0 aromatic heterocycles. The summed E-state index contributed by atoms with van der Waals surface area (Å²) in [5, 5.41) is 0. The molecule has 11 heavy (non-hydrogen) atoms. The van der Waals surface area contributed by atoms with E-state index < -0.39 is 0 Å². The van der Waals surface area contributed by atoms with Crippen LogP contribution in [0.15, 0.2) is 0 Å². The van der Waals surface area contributed by atoms with E-state index >= 15 is 0 Å². The van der Waals surface area contributed by atoms with Crippen molar-refractivity contribution in [3.8, 4) is 0 Å². The highest BCUT2D eigenvalue weighted by Crippen LogP contribution is 1.94. The van der Waals surface area contributed by atoms with Crippen LogP contribution in [0, 0.1) is 0 Å². The molecule has 1 atom stereocenters. The lowest BCUT2D eigenvalue weighted by molar-refractivity contribution is 0.225. The van der Waals surface area contributed by atoms with Gasteiger partial charge in [-0.2, -0.15) is 0 Å². The summed E-state index contributed by atoms with van der Waals surface area (Å²) in [5.74, 6) is 0. The first-order valence-corrected chi connectivity index (χ1v) is 4.10. The predicted octanol–water partition coefficient (Wildman–Crippen LogP) is -1.45. The zero-order chi connectivity index (χ0) is 8.69. The van der Waals surface area contributed by atoms with Crippen molar-refractivity contribution < 1.29 is 0 Å². The Morgan fingerprint density at radius 2 is 1.55 bits per heavy atom. The van der Waals surface area contributed by atoms with Gasteiger partial charge in [-0.25, -0.2) is 0 Å². The first-order valence-electron chi connectivity index (χ1n) is 4.10. The van der Waals surface area contributed by atoms with Crippen LogP contribution in [-0.4, -0.2) is 43.7 Å². The van der Waals surface area contributed by atoms with Crippen molar-refractivity contribution in [2.24, 2.45) is 17.2 Å². The quantitative estimate of drug-likeness (QED) is 0.444. The van der Waals surface area contributed by atoms with Gasteiger partial charge in [0.25, 0.3) is 0 Å². The van der Waals surface area contributed by atoms with Crippen LogP contribution in [-0.2, 0) is 0 Å². The Morgan fingerprint density at radius 1 is 1.09 bits per heavy atom. The first-order chi connectivity index (χ1) is 5.26. The largest absolute Gasteiger partial charge is 0.329 e. The number of nitrogens with zero attached hydrogens (tertiary/aromatic N) is 1. The predicted molar refractivity (Wildman–Crippen MR) is 48.2 cm³/mol. The third kappa shape index (κ3) is 4.31. The normalized spacial score (nSPS) is 13.9. The number of hydrogen-bond donors (Lipinski definition) is 3. The molecule has 0 spiro atoms. The van der Waals surface area contributed by atoms with Gasteiger partial charge in [0, 0.05) is 38.8 Å². The second-order valence-electron chi connectivity index (χ2n) is 2.70. The van der Waals surface area contributed by atoms with E-state index in [1.54, 1.807) is 0 Å². The van der Waals surface area contributed by atoms with Gasteiger partial charge in [0.05, 0.1) is 0 Å². The van der Waals surface area contributed by atoms with Gasteiger partial charge in [-0.3, -0.25) is 4.90 Å². The van der Waals surface area contributed by atoms with E-state index in [2.05, 4.69) is 11.8 Å². The minimum atomic E-state index is 0.391. The summed E-state index contributed by atoms with van der Waals surface area (Å²) in [7, 11) is 0. The Bertz CT molecular complexity index is 80.5. The highest BCUT2D eigenvalue weighted by Gasteiger charge is 2.09. The maximum Gasteiger partial charge on any atom is 0.0191 e. The second-order valence-corrected chi connectivity index (χ2v) is 2.70. The van der Waals surface area contributed by atoms with Gasteiger partial charge in [-0.1, -0.05) is 0 Å². The van der Waals surface area contributed by atoms with Crippen LogP contribution >= 0.6 is 0 Å². The molecule has 0 saturated heterocycles. The van der Waals surface area contributed by atoms with Crippen LogP contribution in [0.25, 0.3) is 0 Å². The summed E-state index contributed by atoms with van der Waals surface area (Å²) >= 11 is 0. The minimum Gasteiger partial charge on any atom is -0.329 e. The van der Waals surface area contributed by atoms with Crippen molar-refractivity contribution >= 4 is 0 Å². The minimum absolute atomic E-state index is 0.391. The lowest BCUT2D eigenvalue weighted by atomic mass is 10.3. The van der Waals surface area contributed by atoms with Crippen LogP contribution in [0.2, 0.25) is 0 Å². The van der Waals surface area contributed by atoms with E-state index in [4.69, 9.17) is 17.2 Å². The molecule has 0 aromatic carbocycles. The average molecular weight is 160 g/mol. The topological polar surface area (TPSA) is 81.3 Å². The second kappa shape index (κ2) is 6.54. The molecule has 0 heterocycles. The van der Waals surface area contributed by atoms with Crippen LogP contribution in [0.3, 0.4) is 0 Å². The van der Waals surface area contributed by atoms with E-state index in [0.29, 0.717) is 25.7 Å². The van der Waals surface area contributed by atoms with E-state index in [0.717, 1.165) is 13.1 Å². The van der Waals surface area contributed by atoms with Gasteiger partial charge < -0.3 is 17.2 Å². The Kier molecular flexibility index (Phi) is 6.45. The van der Waals surface area contributed by atoms with Crippen molar-refractivity contribution in [2.75, 3.05) is 32.7 Å². The van der Waals surface area contributed by atoms with Gasteiger partial charge in [0.1, 0.15) is 0 Å². The molecule has 0 radical (unpaired) electrons. The molecule has 0 amide bonds. The van der Waals surface area contributed by atoms with Crippen molar-refractivity contribution in [3.63, 3.8) is 0 Å². The molecule has 0 aliphatic heterocycles. The van der Waals surface area contributed by atoms with E-state index in [9.17, 15) is 0 Å². The van der Waals surface area contributed by atoms with Crippen molar-refractivity contribution in [1.82, 2.24) is 4.90 Å². The highest BCUT2D eigenvalue weighted by molar-refractivity contribution is 4.68. The van der Waals surface area contributed by atoms with Gasteiger partial charge in [0.15, 0.2) is 0 Å². The Balaban J connectivity index is 3.66. The molecule has 68 valence electrons. The van der Waals surface area contributed by atoms with Gasteiger partial charge in [0.2, 0.25) is 0 Å². The van der Waals surface area contributed by atoms with Crippen LogP contribution in [0.4, 0.5) is 0 Å². The zero-order valence-corrected chi connectivity index (χ0v) is 7.29. The Labute approximate surface area is 68.7 Å². The summed E-state index contributed by atoms with van der Waals surface area (Å²) in [6, 6.07) is 0.391. The Hall–Kier alpha value is -0.160. The first kappa shape index (κ1) is 10.8. The molecule has 0 bridgehead atoms. The molecule has 0 aliphatic carbocycles. The molecule has 0 rings (SSSR count). The van der Waals surface area contributed by atoms with E-state index in [1.807, 2.05) is 0 Å². The summed E-state index contributed by atoms with van der Waals surface area (Å²) in [4.78, 5) is 2.21. The van der Waals surface area contributed by atoms with E-state index in [1.165, 1.54) is 0 Å². The third-order valence-electron chi connectivity index (χ3n) is 1.80.